The van der Waals surface area contributed by atoms with Gasteiger partial charge in [0.15, 0.2) is 0 Å². The highest BCUT2D eigenvalue weighted by Crippen LogP contribution is 2.32. The Bertz CT molecular complexity index is 659. The van der Waals surface area contributed by atoms with E-state index in [0.29, 0.717) is 12.1 Å². The van der Waals surface area contributed by atoms with Gasteiger partial charge in [-0.2, -0.15) is 0 Å². The van der Waals surface area contributed by atoms with Crippen molar-refractivity contribution in [3.63, 3.8) is 0 Å². The van der Waals surface area contributed by atoms with Crippen LogP contribution in [0.4, 0.5) is 10.5 Å². The Labute approximate surface area is 162 Å². The molecule has 2 N–H and O–H groups in total. The Balaban J connectivity index is 1.39. The molecule has 0 aromatic heterocycles. The standard InChI is InChI=1S/C21H32N4O2/c1-15(2)25-14-19-11-18(23-21(26)22-17-7-9-27-10-8-17)13-24(19)12-16-5-3-4-6-20(16)25/h3-6,15,17-19H,7-14H2,1-2H3,(H2,22,23,26)/t18-,19-/m0/s1. The number of nitrogens with zero attached hydrogens (tertiary/aromatic N) is 2. The van der Waals surface area contributed by atoms with Crippen LogP contribution in [-0.2, 0) is 11.3 Å². The summed E-state index contributed by atoms with van der Waals surface area (Å²) in [5.74, 6) is 0. The molecule has 2 amide bonds. The topological polar surface area (TPSA) is 56.8 Å². The fourth-order valence-electron chi connectivity index (χ4n) is 4.68. The molecule has 6 nitrogen and oxygen atoms in total. The number of nitrogens with one attached hydrogen (secondary N) is 2. The van der Waals surface area contributed by atoms with E-state index in [1.807, 2.05) is 0 Å². The summed E-state index contributed by atoms with van der Waals surface area (Å²) < 4.78 is 5.37. The van der Waals surface area contributed by atoms with Crippen LogP contribution in [0.15, 0.2) is 24.3 Å². The van der Waals surface area contributed by atoms with E-state index >= 15 is 0 Å². The van der Waals surface area contributed by atoms with Gasteiger partial charge in [0.25, 0.3) is 0 Å². The van der Waals surface area contributed by atoms with Gasteiger partial charge in [0, 0.05) is 62.7 Å². The minimum atomic E-state index is -0.0225. The first kappa shape index (κ1) is 18.6. The lowest BCUT2D eigenvalue weighted by Gasteiger charge is -2.31. The highest BCUT2D eigenvalue weighted by atomic mass is 16.5. The molecule has 0 spiro atoms. The van der Waals surface area contributed by atoms with E-state index in [1.54, 1.807) is 0 Å². The van der Waals surface area contributed by atoms with Gasteiger partial charge in [-0.1, -0.05) is 18.2 Å². The predicted octanol–water partition coefficient (Wildman–Crippen LogP) is 2.34. The molecule has 3 heterocycles. The molecule has 3 aliphatic heterocycles. The van der Waals surface area contributed by atoms with Gasteiger partial charge in [-0.25, -0.2) is 4.79 Å². The van der Waals surface area contributed by atoms with Crippen LogP contribution in [0, 0.1) is 0 Å². The highest BCUT2D eigenvalue weighted by molar-refractivity contribution is 5.74. The molecule has 0 radical (unpaired) electrons. The van der Waals surface area contributed by atoms with Gasteiger partial charge < -0.3 is 20.3 Å². The van der Waals surface area contributed by atoms with Crippen LogP contribution in [0.2, 0.25) is 0 Å². The summed E-state index contributed by atoms with van der Waals surface area (Å²) in [6.45, 7) is 8.92. The zero-order chi connectivity index (χ0) is 18.8. The average Bonchev–Trinajstić information content (AvgIpc) is 2.94. The third kappa shape index (κ3) is 4.22. The van der Waals surface area contributed by atoms with E-state index in [1.165, 1.54) is 11.3 Å². The monoisotopic (exact) mass is 372 g/mol. The van der Waals surface area contributed by atoms with E-state index in [9.17, 15) is 4.79 Å². The zero-order valence-corrected chi connectivity index (χ0v) is 16.5. The van der Waals surface area contributed by atoms with Crippen molar-refractivity contribution in [2.24, 2.45) is 0 Å². The number of rotatable bonds is 3. The highest BCUT2D eigenvalue weighted by Gasteiger charge is 2.37. The van der Waals surface area contributed by atoms with Crippen molar-refractivity contribution in [1.82, 2.24) is 15.5 Å². The molecule has 1 aromatic rings. The molecule has 4 rings (SSSR count). The Morgan fingerprint density at radius 1 is 1.11 bits per heavy atom. The minimum Gasteiger partial charge on any atom is -0.381 e. The lowest BCUT2D eigenvalue weighted by molar-refractivity contribution is 0.0799. The van der Waals surface area contributed by atoms with Gasteiger partial charge in [0.05, 0.1) is 0 Å². The second-order valence-corrected chi connectivity index (χ2v) is 8.40. The molecule has 2 saturated heterocycles. The van der Waals surface area contributed by atoms with E-state index in [2.05, 4.69) is 58.5 Å². The van der Waals surface area contributed by atoms with E-state index in [-0.39, 0.29) is 18.1 Å². The number of fused-ring (bicyclic) bond motifs is 2. The number of hydrogen-bond donors (Lipinski definition) is 2. The van der Waals surface area contributed by atoms with Crippen molar-refractivity contribution in [2.45, 2.75) is 63.8 Å². The van der Waals surface area contributed by atoms with E-state index in [0.717, 1.165) is 52.1 Å². The van der Waals surface area contributed by atoms with Gasteiger partial charge in [-0.05, 0) is 44.7 Å². The lowest BCUT2D eigenvalue weighted by Crippen LogP contribution is -2.48. The molecule has 0 aliphatic carbocycles. The Morgan fingerprint density at radius 3 is 2.63 bits per heavy atom. The molecule has 27 heavy (non-hydrogen) atoms. The van der Waals surface area contributed by atoms with Crippen LogP contribution in [-0.4, -0.2) is 61.4 Å². The Kier molecular flexibility index (Phi) is 5.55. The summed E-state index contributed by atoms with van der Waals surface area (Å²) >= 11 is 0. The maximum atomic E-state index is 12.4. The van der Waals surface area contributed by atoms with Gasteiger partial charge in [-0.3, -0.25) is 4.90 Å². The first-order valence-electron chi connectivity index (χ1n) is 10.3. The number of ether oxygens (including phenoxy) is 1. The number of anilines is 1. The summed E-state index contributed by atoms with van der Waals surface area (Å²) in [6, 6.07) is 10.1. The fourth-order valence-corrected chi connectivity index (χ4v) is 4.68. The SMILES string of the molecule is CC(C)N1C[C@@H]2C[C@H](NC(=O)NC3CCOCC3)CN2Cc2ccccc21. The average molecular weight is 373 g/mol. The maximum Gasteiger partial charge on any atom is 0.315 e. The minimum absolute atomic E-state index is 0.0225. The fraction of sp³-hybridized carbons (Fsp3) is 0.667. The van der Waals surface area contributed by atoms with Crippen molar-refractivity contribution in [1.29, 1.82) is 0 Å². The predicted molar refractivity (Wildman–Crippen MR) is 107 cm³/mol. The maximum absolute atomic E-state index is 12.4. The molecule has 2 fully saturated rings. The number of urea groups is 1. The van der Waals surface area contributed by atoms with Crippen LogP contribution < -0.4 is 15.5 Å². The number of carbonyl (C=O) groups is 1. The first-order valence-corrected chi connectivity index (χ1v) is 10.3. The molecule has 2 atom stereocenters. The molecule has 6 heteroatoms. The molecule has 1 aromatic carbocycles. The summed E-state index contributed by atoms with van der Waals surface area (Å²) in [6.07, 6.45) is 2.83. The van der Waals surface area contributed by atoms with Gasteiger partial charge in [0.2, 0.25) is 0 Å². The normalized spacial score (nSPS) is 26.4. The quantitative estimate of drug-likeness (QED) is 0.855. The second kappa shape index (κ2) is 8.07. The van der Waals surface area contributed by atoms with Crippen LogP contribution in [0.1, 0.15) is 38.7 Å². The van der Waals surface area contributed by atoms with Crippen LogP contribution in [0.25, 0.3) is 0 Å². The van der Waals surface area contributed by atoms with Gasteiger partial charge in [-0.15, -0.1) is 0 Å². The van der Waals surface area contributed by atoms with Crippen LogP contribution >= 0.6 is 0 Å². The first-order chi connectivity index (χ1) is 13.1. The molecular weight excluding hydrogens is 340 g/mol. The smallest absolute Gasteiger partial charge is 0.315 e. The summed E-state index contributed by atoms with van der Waals surface area (Å²) in [7, 11) is 0. The summed E-state index contributed by atoms with van der Waals surface area (Å²) in [4.78, 5) is 17.5. The van der Waals surface area contributed by atoms with Gasteiger partial charge >= 0.3 is 6.03 Å². The Morgan fingerprint density at radius 2 is 1.85 bits per heavy atom. The molecular formula is C21H32N4O2. The summed E-state index contributed by atoms with van der Waals surface area (Å²) in [5, 5.41) is 6.34. The van der Waals surface area contributed by atoms with Gasteiger partial charge in [0.1, 0.15) is 0 Å². The summed E-state index contributed by atoms with van der Waals surface area (Å²) in [5.41, 5.74) is 2.75. The van der Waals surface area contributed by atoms with E-state index in [4.69, 9.17) is 4.74 Å². The molecule has 3 aliphatic rings. The van der Waals surface area contributed by atoms with Crippen molar-refractivity contribution < 1.29 is 9.53 Å². The van der Waals surface area contributed by atoms with Crippen molar-refractivity contribution >= 4 is 11.7 Å². The lowest BCUT2D eigenvalue weighted by atomic mass is 10.1. The van der Waals surface area contributed by atoms with Crippen LogP contribution in [0.3, 0.4) is 0 Å². The number of para-hydroxylation sites is 1. The van der Waals surface area contributed by atoms with E-state index < -0.39 is 0 Å². The number of hydrogen-bond acceptors (Lipinski definition) is 4. The number of benzene rings is 1. The molecule has 0 bridgehead atoms. The second-order valence-electron chi connectivity index (χ2n) is 8.40. The molecule has 0 saturated carbocycles. The largest absolute Gasteiger partial charge is 0.381 e. The Hall–Kier alpha value is -1.79. The third-order valence-electron chi connectivity index (χ3n) is 6.12. The van der Waals surface area contributed by atoms with Crippen molar-refractivity contribution in [3.05, 3.63) is 29.8 Å². The number of amides is 2. The van der Waals surface area contributed by atoms with Crippen molar-refractivity contribution in [2.75, 3.05) is 31.2 Å². The molecule has 0 unspecified atom stereocenters. The zero-order valence-electron chi connectivity index (χ0n) is 16.5. The van der Waals surface area contributed by atoms with Crippen molar-refractivity contribution in [3.8, 4) is 0 Å². The number of carbonyl (C=O) groups excluding carboxylic acids is 1. The third-order valence-corrected chi connectivity index (χ3v) is 6.12. The van der Waals surface area contributed by atoms with Crippen LogP contribution in [0.5, 0.6) is 0 Å². The molecule has 148 valence electrons.